The lowest BCUT2D eigenvalue weighted by atomic mass is 9.88. The first-order valence-corrected chi connectivity index (χ1v) is 13.8. The topological polar surface area (TPSA) is 73.6 Å². The minimum atomic E-state index is -2.89. The maximum absolute atomic E-state index is 16.4. The second-order valence-corrected chi connectivity index (χ2v) is 10.9. The number of ether oxygens (including phenoxy) is 2. The van der Waals surface area contributed by atoms with E-state index >= 15 is 4.39 Å². The van der Waals surface area contributed by atoms with Crippen LogP contribution >= 0.6 is 22.9 Å². The molecule has 1 atom stereocenters. The van der Waals surface area contributed by atoms with E-state index in [1.54, 1.807) is 11.6 Å². The molecule has 1 N–H and O–H groups in total. The second-order valence-electron chi connectivity index (χ2n) is 9.58. The predicted octanol–water partition coefficient (Wildman–Crippen LogP) is 6.87. The van der Waals surface area contributed by atoms with Crippen molar-refractivity contribution in [2.24, 2.45) is 4.99 Å². The average Bonchev–Trinajstić information content (AvgIpc) is 3.67. The molecule has 212 valence electrons. The number of alkyl halides is 3. The highest BCUT2D eigenvalue weighted by Crippen LogP contribution is 2.44. The van der Waals surface area contributed by atoms with Crippen molar-refractivity contribution in [3.05, 3.63) is 111 Å². The number of benzene rings is 2. The Labute approximate surface area is 241 Å². The van der Waals surface area contributed by atoms with Crippen molar-refractivity contribution < 1.29 is 27.0 Å². The second kappa shape index (κ2) is 11.4. The molecular weight excluding hydrogens is 582 g/mol. The third-order valence-corrected chi connectivity index (χ3v) is 7.79. The maximum Gasteiger partial charge on any atom is 0.333 e. The van der Waals surface area contributed by atoms with Gasteiger partial charge in [-0.15, -0.1) is 11.3 Å². The predicted molar refractivity (Wildman–Crippen MR) is 146 cm³/mol. The number of aliphatic imine (C=N–C) groups is 1. The third-order valence-electron chi connectivity index (χ3n) is 6.68. The normalized spacial score (nSPS) is 23.0. The quantitative estimate of drug-likeness (QED) is 0.233. The smallest absolute Gasteiger partial charge is 0.333 e. The molecule has 6 rings (SSSR count). The minimum Gasteiger partial charge on any atom is -0.345 e. The average molecular weight is 604 g/mol. The van der Waals surface area contributed by atoms with Crippen LogP contribution in [-0.2, 0) is 9.47 Å². The van der Waals surface area contributed by atoms with Crippen molar-refractivity contribution in [1.29, 1.82) is 0 Å². The molecule has 2 aliphatic rings. The highest BCUT2D eigenvalue weighted by molar-refractivity contribution is 7.11. The van der Waals surface area contributed by atoms with Gasteiger partial charge in [-0.2, -0.15) is 13.9 Å². The van der Waals surface area contributed by atoms with Gasteiger partial charge in [-0.05, 0) is 17.7 Å². The zero-order chi connectivity index (χ0) is 28.6. The third kappa shape index (κ3) is 5.78. The van der Waals surface area contributed by atoms with Gasteiger partial charge in [-0.1, -0.05) is 48.0 Å². The number of hydrogen-bond donors (Lipinski definition) is 1. The fraction of sp³-hybridized carbons (Fsp3) is 0.250. The summed E-state index contributed by atoms with van der Waals surface area (Å²) in [7, 11) is 0. The van der Waals surface area contributed by atoms with Gasteiger partial charge in [-0.3, -0.25) is 4.99 Å². The molecule has 0 unspecified atom stereocenters. The summed E-state index contributed by atoms with van der Waals surface area (Å²) in [5.41, 5.74) is 0.122. The first-order chi connectivity index (χ1) is 19.8. The Kier molecular flexibility index (Phi) is 7.64. The minimum absolute atomic E-state index is 0.0715. The van der Waals surface area contributed by atoms with Gasteiger partial charge in [0.05, 0.1) is 19.4 Å². The van der Waals surface area contributed by atoms with Crippen LogP contribution in [0.1, 0.15) is 47.0 Å². The molecule has 2 aromatic heterocycles. The monoisotopic (exact) mass is 603 g/mol. The molecule has 13 heteroatoms. The summed E-state index contributed by atoms with van der Waals surface area (Å²) >= 11 is 7.77. The van der Waals surface area contributed by atoms with E-state index in [4.69, 9.17) is 26.1 Å². The lowest BCUT2D eigenvalue weighted by molar-refractivity contribution is -0.237. The van der Waals surface area contributed by atoms with E-state index in [0.29, 0.717) is 32.4 Å². The number of nitrogens with one attached hydrogen (secondary N) is 1. The summed E-state index contributed by atoms with van der Waals surface area (Å²) in [5, 5.41) is 9.29. The van der Waals surface area contributed by atoms with Gasteiger partial charge in [0.15, 0.2) is 22.8 Å². The molecule has 2 aromatic carbocycles. The van der Waals surface area contributed by atoms with E-state index in [1.807, 2.05) is 30.3 Å². The molecule has 0 amide bonds. The van der Waals surface area contributed by atoms with Crippen molar-refractivity contribution in [2.45, 2.75) is 31.0 Å². The van der Waals surface area contributed by atoms with Crippen LogP contribution in [0.2, 0.25) is 5.02 Å². The van der Waals surface area contributed by atoms with E-state index in [9.17, 15) is 13.2 Å². The van der Waals surface area contributed by atoms with E-state index in [2.05, 4.69) is 15.4 Å². The molecule has 0 spiro atoms. The van der Waals surface area contributed by atoms with Crippen molar-refractivity contribution in [3.8, 4) is 0 Å². The molecule has 0 aliphatic carbocycles. The number of halogens is 5. The van der Waals surface area contributed by atoms with Crippen LogP contribution in [0.25, 0.3) is 5.57 Å². The molecule has 4 aromatic rings. The Hall–Kier alpha value is -3.58. The highest BCUT2D eigenvalue weighted by atomic mass is 35.5. The number of thiazole rings is 1. The maximum atomic E-state index is 16.4. The van der Waals surface area contributed by atoms with Crippen LogP contribution in [-0.4, -0.2) is 39.5 Å². The Morgan fingerprint density at radius 2 is 1.93 bits per heavy atom. The Balaban J connectivity index is 1.42. The number of aromatic nitrogens is 3. The Morgan fingerprint density at radius 1 is 1.15 bits per heavy atom. The number of nitrogens with zero attached hydrogens (tertiary/aromatic N) is 4. The number of amidine groups is 1. The van der Waals surface area contributed by atoms with Gasteiger partial charge in [0, 0.05) is 51.6 Å². The molecule has 7 nitrogen and oxygen atoms in total. The molecule has 41 heavy (non-hydrogen) atoms. The van der Waals surface area contributed by atoms with Crippen LogP contribution in [0.3, 0.4) is 0 Å². The number of allylic oxidation sites excluding steroid dienone is 1. The molecule has 4 heterocycles. The molecule has 1 fully saturated rings. The summed E-state index contributed by atoms with van der Waals surface area (Å²) in [6.07, 6.45) is 3.03. The van der Waals surface area contributed by atoms with E-state index in [-0.39, 0.29) is 30.2 Å². The van der Waals surface area contributed by atoms with Crippen molar-refractivity contribution in [1.82, 2.24) is 20.1 Å². The van der Waals surface area contributed by atoms with Crippen LogP contribution in [0.4, 0.5) is 17.6 Å². The zero-order valence-electron chi connectivity index (χ0n) is 21.2. The molecule has 0 bridgehead atoms. The van der Waals surface area contributed by atoms with Gasteiger partial charge in [-0.25, -0.2) is 18.4 Å². The van der Waals surface area contributed by atoms with Crippen LogP contribution in [0, 0.1) is 5.82 Å². The lowest BCUT2D eigenvalue weighted by Crippen LogP contribution is -2.44. The fourth-order valence-electron chi connectivity index (χ4n) is 4.82. The summed E-state index contributed by atoms with van der Waals surface area (Å²) in [4.78, 5) is 9.12. The van der Waals surface area contributed by atoms with E-state index in [0.717, 1.165) is 17.8 Å². The molecule has 0 radical (unpaired) electrons. The summed E-state index contributed by atoms with van der Waals surface area (Å²) < 4.78 is 69.5. The lowest BCUT2D eigenvalue weighted by Gasteiger charge is -2.37. The van der Waals surface area contributed by atoms with Gasteiger partial charge in [0.25, 0.3) is 0 Å². The van der Waals surface area contributed by atoms with Gasteiger partial charge in [0.2, 0.25) is 0 Å². The van der Waals surface area contributed by atoms with E-state index in [1.165, 1.54) is 29.7 Å². The summed E-state index contributed by atoms with van der Waals surface area (Å²) in [5.74, 6) is -0.228. The fourth-order valence-corrected chi connectivity index (χ4v) is 5.67. The zero-order valence-corrected chi connectivity index (χ0v) is 22.8. The summed E-state index contributed by atoms with van der Waals surface area (Å²) in [6.45, 7) is -3.46. The van der Waals surface area contributed by atoms with Crippen molar-refractivity contribution >= 4 is 34.3 Å². The number of rotatable bonds is 7. The standard InChI is InChI=1S/C28H22ClF4N5O2S/c29-20-10-18(30)6-7-19(20)23-22(17-12-35-38(13-17)27(31)32)21(36-24(37-23)25-34-8-9-41-25)11-28(33)14-39-26(40-15-28)16-4-2-1-3-5-16/h1-10,12-13,23,26-27H,11,14-15H2,(H,36,37)/t23-,26?,28?/m0/s1. The Bertz CT molecular complexity index is 1590. The van der Waals surface area contributed by atoms with Gasteiger partial charge in [0.1, 0.15) is 11.9 Å². The van der Waals surface area contributed by atoms with Crippen LogP contribution < -0.4 is 5.32 Å². The molecule has 0 saturated carbocycles. The van der Waals surface area contributed by atoms with Crippen LogP contribution in [0.5, 0.6) is 0 Å². The largest absolute Gasteiger partial charge is 0.345 e. The molecular formula is C28H22ClF4N5O2S. The first kappa shape index (κ1) is 27.6. The molecule has 2 aliphatic heterocycles. The first-order valence-electron chi connectivity index (χ1n) is 12.5. The van der Waals surface area contributed by atoms with Crippen molar-refractivity contribution in [2.75, 3.05) is 13.2 Å². The number of hydrogen-bond acceptors (Lipinski definition) is 7. The van der Waals surface area contributed by atoms with Crippen LogP contribution in [0.15, 0.2) is 83.2 Å². The summed E-state index contributed by atoms with van der Waals surface area (Å²) in [6, 6.07) is 12.1. The molecule has 1 saturated heterocycles. The van der Waals surface area contributed by atoms with Gasteiger partial charge >= 0.3 is 6.55 Å². The van der Waals surface area contributed by atoms with Crippen molar-refractivity contribution in [3.63, 3.8) is 0 Å². The van der Waals surface area contributed by atoms with Gasteiger partial charge < -0.3 is 14.8 Å². The SMILES string of the molecule is Fc1ccc([C@@H]2N=C(c3nccs3)NC(CC3(F)COC(c4ccccc4)OC3)=C2c2cnn(C(F)F)c2)c(Cl)c1. The Morgan fingerprint density at radius 3 is 2.59 bits per heavy atom. The van der Waals surface area contributed by atoms with E-state index < -0.39 is 30.4 Å². The highest BCUT2D eigenvalue weighted by Gasteiger charge is 2.41.